The lowest BCUT2D eigenvalue weighted by Gasteiger charge is -2.11. The van der Waals surface area contributed by atoms with Crippen molar-refractivity contribution in [2.75, 3.05) is 11.1 Å². The Morgan fingerprint density at radius 2 is 1.75 bits per heavy atom. The van der Waals surface area contributed by atoms with Gasteiger partial charge in [-0.15, -0.1) is 0 Å². The maximum absolute atomic E-state index is 13.3. The van der Waals surface area contributed by atoms with E-state index in [9.17, 15) is 4.39 Å². The van der Waals surface area contributed by atoms with Crippen LogP contribution in [0.2, 0.25) is 10.0 Å². The molecule has 2 rings (SSSR count). The first kappa shape index (κ1) is 14.8. The van der Waals surface area contributed by atoms with Gasteiger partial charge in [0.05, 0.1) is 10.0 Å². The molecule has 0 saturated carbocycles. The number of halogens is 3. The number of anilines is 3. The quantitative estimate of drug-likeness (QED) is 0.826. The van der Waals surface area contributed by atoms with Crippen LogP contribution in [-0.4, -0.2) is 9.97 Å². The van der Waals surface area contributed by atoms with Crippen molar-refractivity contribution in [1.82, 2.24) is 9.97 Å². The molecule has 0 aliphatic rings. The number of hydrogen-bond acceptors (Lipinski definition) is 4. The lowest BCUT2D eigenvalue weighted by atomic mass is 10.2. The fourth-order valence-corrected chi connectivity index (χ4v) is 2.07. The minimum Gasteiger partial charge on any atom is -0.384 e. The molecule has 0 saturated heterocycles. The molecule has 3 N–H and O–H groups in total. The predicted octanol–water partition coefficient (Wildman–Crippen LogP) is 4.37. The number of nitrogen functional groups attached to an aromatic ring is 1. The van der Waals surface area contributed by atoms with Crippen molar-refractivity contribution >= 4 is 40.5 Å². The summed E-state index contributed by atoms with van der Waals surface area (Å²) in [5.41, 5.74) is 6.25. The Kier molecular flexibility index (Phi) is 4.30. The molecule has 0 unspecified atom stereocenters. The fourth-order valence-electron chi connectivity index (χ4n) is 1.58. The Bertz CT molecular complexity index is 623. The van der Waals surface area contributed by atoms with Gasteiger partial charge in [-0.1, -0.05) is 37.0 Å². The number of rotatable bonds is 3. The second kappa shape index (κ2) is 5.81. The number of nitrogens with two attached hydrogens (primary N) is 1. The topological polar surface area (TPSA) is 63.8 Å². The average molecular weight is 315 g/mol. The molecule has 0 bridgehead atoms. The Morgan fingerprint density at radius 1 is 1.15 bits per heavy atom. The number of hydrogen-bond donors (Lipinski definition) is 2. The minimum absolute atomic E-state index is 0.0638. The molecule has 1 aromatic carbocycles. The lowest BCUT2D eigenvalue weighted by Crippen LogP contribution is -2.05. The number of nitrogens with zero attached hydrogens (tertiary/aromatic N) is 2. The van der Waals surface area contributed by atoms with Gasteiger partial charge in [0, 0.05) is 17.7 Å². The standard InChI is InChI=1S/C13H13Cl2FN4/c1-6(2)13-19-10(17)5-11(20-13)18-7-3-8(14)12(16)9(15)4-7/h3-6H,1-2H3,(H3,17,18,19,20). The van der Waals surface area contributed by atoms with Gasteiger partial charge in [0.25, 0.3) is 0 Å². The summed E-state index contributed by atoms with van der Waals surface area (Å²) in [6, 6.07) is 4.43. The smallest absolute Gasteiger partial charge is 0.160 e. The molecule has 0 amide bonds. The zero-order chi connectivity index (χ0) is 14.9. The molecule has 106 valence electrons. The van der Waals surface area contributed by atoms with Crippen LogP contribution in [0.1, 0.15) is 25.6 Å². The van der Waals surface area contributed by atoms with Gasteiger partial charge < -0.3 is 11.1 Å². The first-order valence-electron chi connectivity index (χ1n) is 5.93. The predicted molar refractivity (Wildman–Crippen MR) is 80.2 cm³/mol. The van der Waals surface area contributed by atoms with Crippen LogP contribution in [0, 0.1) is 5.82 Å². The van der Waals surface area contributed by atoms with Crippen molar-refractivity contribution in [3.8, 4) is 0 Å². The summed E-state index contributed by atoms with van der Waals surface area (Å²) in [5, 5.41) is 2.85. The second-order valence-electron chi connectivity index (χ2n) is 4.57. The van der Waals surface area contributed by atoms with Gasteiger partial charge >= 0.3 is 0 Å². The largest absolute Gasteiger partial charge is 0.384 e. The van der Waals surface area contributed by atoms with Gasteiger partial charge in [0.2, 0.25) is 0 Å². The number of aromatic nitrogens is 2. The SMILES string of the molecule is CC(C)c1nc(N)cc(Nc2cc(Cl)c(F)c(Cl)c2)n1. The van der Waals surface area contributed by atoms with Gasteiger partial charge in [-0.05, 0) is 12.1 Å². The van der Waals surface area contributed by atoms with Crippen molar-refractivity contribution in [1.29, 1.82) is 0 Å². The first-order chi connectivity index (χ1) is 9.36. The Morgan fingerprint density at radius 3 is 2.30 bits per heavy atom. The molecule has 1 heterocycles. The van der Waals surface area contributed by atoms with E-state index in [0.29, 0.717) is 23.1 Å². The van der Waals surface area contributed by atoms with E-state index in [4.69, 9.17) is 28.9 Å². The molecule has 0 atom stereocenters. The van der Waals surface area contributed by atoms with E-state index in [1.807, 2.05) is 13.8 Å². The van der Waals surface area contributed by atoms with Crippen LogP contribution >= 0.6 is 23.2 Å². The van der Waals surface area contributed by atoms with Gasteiger partial charge in [0.15, 0.2) is 5.82 Å². The zero-order valence-electron chi connectivity index (χ0n) is 10.9. The van der Waals surface area contributed by atoms with Crippen molar-refractivity contribution in [2.24, 2.45) is 0 Å². The summed E-state index contributed by atoms with van der Waals surface area (Å²) in [5.74, 6) is 0.959. The molecule has 0 spiro atoms. The van der Waals surface area contributed by atoms with E-state index in [1.165, 1.54) is 12.1 Å². The summed E-state index contributed by atoms with van der Waals surface area (Å²) in [6.45, 7) is 3.92. The van der Waals surface area contributed by atoms with Gasteiger partial charge in [-0.2, -0.15) is 0 Å². The van der Waals surface area contributed by atoms with Gasteiger partial charge in [-0.3, -0.25) is 0 Å². The third kappa shape index (κ3) is 3.29. The summed E-state index contributed by atoms with van der Waals surface area (Å²) in [6.07, 6.45) is 0. The molecular formula is C13H13Cl2FN4. The molecule has 2 aromatic rings. The van der Waals surface area contributed by atoms with Crippen molar-refractivity contribution in [2.45, 2.75) is 19.8 Å². The van der Waals surface area contributed by atoms with Gasteiger partial charge in [0.1, 0.15) is 17.5 Å². The van der Waals surface area contributed by atoms with Crippen molar-refractivity contribution in [3.63, 3.8) is 0 Å². The molecule has 7 heteroatoms. The minimum atomic E-state index is -0.649. The monoisotopic (exact) mass is 314 g/mol. The molecule has 4 nitrogen and oxygen atoms in total. The van der Waals surface area contributed by atoms with E-state index < -0.39 is 5.82 Å². The molecular weight excluding hydrogens is 302 g/mol. The molecule has 0 radical (unpaired) electrons. The third-order valence-electron chi connectivity index (χ3n) is 2.54. The highest BCUT2D eigenvalue weighted by Gasteiger charge is 2.10. The number of benzene rings is 1. The van der Waals surface area contributed by atoms with E-state index >= 15 is 0 Å². The van der Waals surface area contributed by atoms with Crippen molar-refractivity contribution < 1.29 is 4.39 Å². The second-order valence-corrected chi connectivity index (χ2v) is 5.38. The van der Waals surface area contributed by atoms with E-state index in [1.54, 1.807) is 6.07 Å². The maximum atomic E-state index is 13.3. The summed E-state index contributed by atoms with van der Waals surface area (Å²) < 4.78 is 13.3. The summed E-state index contributed by atoms with van der Waals surface area (Å²) >= 11 is 11.5. The van der Waals surface area contributed by atoms with Crippen LogP contribution in [0.25, 0.3) is 0 Å². The fraction of sp³-hybridized carbons (Fsp3) is 0.231. The average Bonchev–Trinajstić information content (AvgIpc) is 2.35. The zero-order valence-corrected chi connectivity index (χ0v) is 12.4. The highest BCUT2D eigenvalue weighted by Crippen LogP contribution is 2.29. The molecule has 1 aromatic heterocycles. The first-order valence-corrected chi connectivity index (χ1v) is 6.68. The Hall–Kier alpha value is -1.59. The van der Waals surface area contributed by atoms with Crippen LogP contribution < -0.4 is 11.1 Å². The van der Waals surface area contributed by atoms with Gasteiger partial charge in [-0.25, -0.2) is 14.4 Å². The maximum Gasteiger partial charge on any atom is 0.160 e. The molecule has 0 aliphatic carbocycles. The number of nitrogens with one attached hydrogen (secondary N) is 1. The van der Waals surface area contributed by atoms with E-state index in [2.05, 4.69) is 15.3 Å². The van der Waals surface area contributed by atoms with E-state index in [-0.39, 0.29) is 16.0 Å². The molecule has 0 fully saturated rings. The molecule has 20 heavy (non-hydrogen) atoms. The summed E-state index contributed by atoms with van der Waals surface area (Å²) in [4.78, 5) is 8.47. The Balaban J connectivity index is 2.35. The highest BCUT2D eigenvalue weighted by molar-refractivity contribution is 6.35. The van der Waals surface area contributed by atoms with Crippen molar-refractivity contribution in [3.05, 3.63) is 39.9 Å². The summed E-state index contributed by atoms with van der Waals surface area (Å²) in [7, 11) is 0. The van der Waals surface area contributed by atoms with Crippen LogP contribution in [0.15, 0.2) is 18.2 Å². The van der Waals surface area contributed by atoms with Crippen LogP contribution in [0.4, 0.5) is 21.7 Å². The molecule has 0 aliphatic heterocycles. The van der Waals surface area contributed by atoms with Crippen LogP contribution in [0.3, 0.4) is 0 Å². The van der Waals surface area contributed by atoms with E-state index in [0.717, 1.165) is 0 Å². The van der Waals surface area contributed by atoms with Crippen LogP contribution in [-0.2, 0) is 0 Å². The Labute approximate surface area is 126 Å². The normalized spacial score (nSPS) is 10.9. The lowest BCUT2D eigenvalue weighted by molar-refractivity contribution is 0.629. The highest BCUT2D eigenvalue weighted by atomic mass is 35.5. The van der Waals surface area contributed by atoms with Crippen LogP contribution in [0.5, 0.6) is 0 Å². The third-order valence-corrected chi connectivity index (χ3v) is 3.09.